The van der Waals surface area contributed by atoms with Crippen LogP contribution in [0.15, 0.2) is 11.6 Å². The molecule has 16 heavy (non-hydrogen) atoms. The Hall–Kier alpha value is -0.910. The molecule has 0 unspecified atom stereocenters. The van der Waals surface area contributed by atoms with Crippen molar-refractivity contribution in [3.8, 4) is 0 Å². The van der Waals surface area contributed by atoms with E-state index in [1.54, 1.807) is 6.08 Å². The van der Waals surface area contributed by atoms with Gasteiger partial charge in [0.2, 0.25) is 0 Å². The van der Waals surface area contributed by atoms with Crippen molar-refractivity contribution in [2.45, 2.75) is 19.8 Å². The van der Waals surface area contributed by atoms with Crippen molar-refractivity contribution < 1.29 is 19.7 Å². The predicted molar refractivity (Wildman–Crippen MR) is 61.4 cm³/mol. The second kappa shape index (κ2) is 10.6. The third kappa shape index (κ3) is 8.40. The smallest absolute Gasteiger partial charge is 0.331 e. The fourth-order valence-corrected chi connectivity index (χ4v) is 1.15. The largest absolute Gasteiger partial charge is 0.478 e. The summed E-state index contributed by atoms with van der Waals surface area (Å²) in [4.78, 5) is 10.6. The molecule has 0 atom stereocenters. The zero-order chi connectivity index (χ0) is 12.2. The highest BCUT2D eigenvalue weighted by Crippen LogP contribution is 1.98. The van der Waals surface area contributed by atoms with Crippen LogP contribution in [0.4, 0.5) is 0 Å². The van der Waals surface area contributed by atoms with Crippen molar-refractivity contribution in [2.75, 3.05) is 32.9 Å². The number of aliphatic hydroxyl groups is 1. The van der Waals surface area contributed by atoms with E-state index in [9.17, 15) is 4.79 Å². The summed E-state index contributed by atoms with van der Waals surface area (Å²) < 4.78 is 5.07. The van der Waals surface area contributed by atoms with E-state index in [0.29, 0.717) is 31.8 Å². The molecule has 0 spiro atoms. The first-order valence-corrected chi connectivity index (χ1v) is 5.54. The third-order valence-corrected chi connectivity index (χ3v) is 2.03. The molecule has 0 aliphatic carbocycles. The van der Waals surface area contributed by atoms with Crippen LogP contribution in [0.2, 0.25) is 0 Å². The number of nitrogens with one attached hydrogen (secondary N) is 1. The number of carboxylic acid groups (broad SMARTS) is 1. The summed E-state index contributed by atoms with van der Waals surface area (Å²) in [5.74, 6) is -0.851. The number of aliphatic carboxylic acids is 1. The molecule has 0 rings (SSSR count). The Morgan fingerprint density at radius 1 is 1.44 bits per heavy atom. The molecular formula is C11H21NO4. The van der Waals surface area contributed by atoms with Gasteiger partial charge in [-0.2, -0.15) is 0 Å². The molecule has 0 bridgehead atoms. The van der Waals surface area contributed by atoms with Gasteiger partial charge in [0, 0.05) is 18.7 Å². The molecule has 0 heterocycles. The number of carboxylic acids is 1. The molecule has 0 aromatic heterocycles. The summed E-state index contributed by atoms with van der Waals surface area (Å²) in [6.07, 6.45) is 3.08. The monoisotopic (exact) mass is 231 g/mol. The Bertz CT molecular complexity index is 216. The summed E-state index contributed by atoms with van der Waals surface area (Å²) in [7, 11) is 0. The van der Waals surface area contributed by atoms with E-state index in [-0.39, 0.29) is 6.61 Å². The zero-order valence-electron chi connectivity index (χ0n) is 9.74. The Morgan fingerprint density at radius 3 is 2.75 bits per heavy atom. The second-order valence-corrected chi connectivity index (χ2v) is 3.28. The number of hydrogen-bond donors (Lipinski definition) is 3. The van der Waals surface area contributed by atoms with Crippen molar-refractivity contribution in [1.82, 2.24) is 5.32 Å². The minimum Gasteiger partial charge on any atom is -0.478 e. The van der Waals surface area contributed by atoms with Gasteiger partial charge in [0.15, 0.2) is 0 Å². The highest BCUT2D eigenvalue weighted by Gasteiger charge is 2.01. The molecule has 0 aromatic carbocycles. The molecule has 5 heteroatoms. The average Bonchev–Trinajstić information content (AvgIpc) is 2.26. The quantitative estimate of drug-likeness (QED) is 0.374. The first-order valence-electron chi connectivity index (χ1n) is 5.54. The highest BCUT2D eigenvalue weighted by molar-refractivity contribution is 5.86. The van der Waals surface area contributed by atoms with Crippen LogP contribution in [0.5, 0.6) is 0 Å². The van der Waals surface area contributed by atoms with Crippen LogP contribution in [0.25, 0.3) is 0 Å². The molecular weight excluding hydrogens is 210 g/mol. The van der Waals surface area contributed by atoms with Gasteiger partial charge in [-0.25, -0.2) is 4.79 Å². The minimum atomic E-state index is -0.851. The van der Waals surface area contributed by atoms with Crippen LogP contribution in [-0.2, 0) is 9.53 Å². The number of ether oxygens (including phenoxy) is 1. The van der Waals surface area contributed by atoms with E-state index >= 15 is 0 Å². The Kier molecular flexibility index (Phi) is 10.00. The van der Waals surface area contributed by atoms with Gasteiger partial charge >= 0.3 is 5.97 Å². The van der Waals surface area contributed by atoms with Crippen molar-refractivity contribution in [1.29, 1.82) is 0 Å². The summed E-state index contributed by atoms with van der Waals surface area (Å²) in [6, 6.07) is 0. The van der Waals surface area contributed by atoms with Crippen LogP contribution in [-0.4, -0.2) is 49.1 Å². The van der Waals surface area contributed by atoms with Crippen molar-refractivity contribution in [2.24, 2.45) is 0 Å². The van der Waals surface area contributed by atoms with Gasteiger partial charge in [0.05, 0.1) is 13.2 Å². The van der Waals surface area contributed by atoms with Gasteiger partial charge in [-0.15, -0.1) is 0 Å². The lowest BCUT2D eigenvalue weighted by molar-refractivity contribution is -0.132. The van der Waals surface area contributed by atoms with Gasteiger partial charge in [-0.1, -0.05) is 13.0 Å². The Labute approximate surface area is 96.1 Å². The van der Waals surface area contributed by atoms with Gasteiger partial charge in [0.1, 0.15) is 0 Å². The first kappa shape index (κ1) is 15.1. The molecule has 94 valence electrons. The number of carbonyl (C=O) groups is 1. The zero-order valence-corrected chi connectivity index (χ0v) is 9.74. The normalized spacial score (nSPS) is 11.8. The molecule has 0 aromatic rings. The second-order valence-electron chi connectivity index (χ2n) is 3.28. The molecule has 3 N–H and O–H groups in total. The molecule has 5 nitrogen and oxygen atoms in total. The fourth-order valence-electron chi connectivity index (χ4n) is 1.15. The minimum absolute atomic E-state index is 0.0502. The van der Waals surface area contributed by atoms with E-state index in [1.807, 2.05) is 6.92 Å². The van der Waals surface area contributed by atoms with Crippen molar-refractivity contribution >= 4 is 5.97 Å². The fraction of sp³-hybridized carbons (Fsp3) is 0.727. The van der Waals surface area contributed by atoms with Gasteiger partial charge < -0.3 is 20.3 Å². The summed E-state index contributed by atoms with van der Waals surface area (Å²) in [5, 5.41) is 20.3. The lowest BCUT2D eigenvalue weighted by atomic mass is 10.2. The number of rotatable bonds is 10. The lowest BCUT2D eigenvalue weighted by Crippen LogP contribution is -2.18. The highest BCUT2D eigenvalue weighted by atomic mass is 16.5. The van der Waals surface area contributed by atoms with Gasteiger partial charge in [0.25, 0.3) is 0 Å². The summed E-state index contributed by atoms with van der Waals surface area (Å²) >= 11 is 0. The van der Waals surface area contributed by atoms with Crippen LogP contribution in [0, 0.1) is 0 Å². The topological polar surface area (TPSA) is 78.8 Å². The summed E-state index contributed by atoms with van der Waals surface area (Å²) in [5.41, 5.74) is 0.434. The maximum Gasteiger partial charge on any atom is 0.331 e. The average molecular weight is 231 g/mol. The molecule has 0 fully saturated rings. The van der Waals surface area contributed by atoms with Crippen LogP contribution in [0.1, 0.15) is 19.8 Å². The predicted octanol–water partition coefficient (Wildman–Crippen LogP) is 0.396. The lowest BCUT2D eigenvalue weighted by Gasteiger charge is -2.03. The van der Waals surface area contributed by atoms with E-state index < -0.39 is 5.97 Å². The van der Waals surface area contributed by atoms with Crippen LogP contribution in [0.3, 0.4) is 0 Å². The summed E-state index contributed by atoms with van der Waals surface area (Å²) in [6.45, 7) is 4.20. The van der Waals surface area contributed by atoms with Gasteiger partial charge in [-0.3, -0.25) is 0 Å². The molecule has 0 aliphatic rings. The number of hydrogen-bond acceptors (Lipinski definition) is 4. The molecule has 0 saturated carbocycles. The Balaban J connectivity index is 3.41. The van der Waals surface area contributed by atoms with E-state index in [4.69, 9.17) is 14.9 Å². The number of aliphatic hydroxyl groups excluding tert-OH is 1. The molecule has 0 saturated heterocycles. The molecule has 0 amide bonds. The Morgan fingerprint density at radius 2 is 2.19 bits per heavy atom. The van der Waals surface area contributed by atoms with E-state index in [0.717, 1.165) is 13.0 Å². The maximum atomic E-state index is 10.6. The van der Waals surface area contributed by atoms with E-state index in [2.05, 4.69) is 5.32 Å². The van der Waals surface area contributed by atoms with Crippen molar-refractivity contribution in [3.63, 3.8) is 0 Å². The van der Waals surface area contributed by atoms with Crippen molar-refractivity contribution in [3.05, 3.63) is 11.6 Å². The first-order chi connectivity index (χ1) is 7.72. The van der Waals surface area contributed by atoms with Gasteiger partial charge in [-0.05, 0) is 19.4 Å². The standard InChI is InChI=1S/C11H21NO4/c1-2-10(11(14)15)4-6-12-5-3-8-16-9-7-13/h4,12-13H,2-3,5-9H2,1H3,(H,14,15). The van der Waals surface area contributed by atoms with Crippen LogP contribution >= 0.6 is 0 Å². The maximum absolute atomic E-state index is 10.6. The third-order valence-electron chi connectivity index (χ3n) is 2.03. The van der Waals surface area contributed by atoms with E-state index in [1.165, 1.54) is 0 Å². The van der Waals surface area contributed by atoms with Crippen LogP contribution < -0.4 is 5.32 Å². The molecule has 0 radical (unpaired) electrons. The SMILES string of the molecule is CCC(=CCNCCCOCCO)C(=O)O. The molecule has 0 aliphatic heterocycles.